The number of rotatable bonds is 7. The van der Waals surface area contributed by atoms with Crippen LogP contribution in [0, 0.1) is 0 Å². The summed E-state index contributed by atoms with van der Waals surface area (Å²) < 4.78 is 6.72. The third-order valence-electron chi connectivity index (χ3n) is 5.24. The van der Waals surface area contributed by atoms with Gasteiger partial charge < -0.3 is 4.74 Å². The van der Waals surface area contributed by atoms with Gasteiger partial charge in [0.05, 0.1) is 0 Å². The predicted octanol–water partition coefficient (Wildman–Crippen LogP) is 2.76. The molecule has 1 heterocycles. The lowest BCUT2D eigenvalue weighted by atomic mass is 9.90. The van der Waals surface area contributed by atoms with Crippen LogP contribution in [0.1, 0.15) is 45.9 Å². The highest BCUT2D eigenvalue weighted by molar-refractivity contribution is 5.98. The minimum atomic E-state index is -0.733. The molecular weight excluding hydrogens is 368 g/mol. The Kier molecular flexibility index (Phi) is 5.74. The molecule has 1 aliphatic rings. The van der Waals surface area contributed by atoms with E-state index >= 15 is 0 Å². The van der Waals surface area contributed by atoms with E-state index in [-0.39, 0.29) is 12.4 Å². The van der Waals surface area contributed by atoms with Gasteiger partial charge in [-0.15, -0.1) is 5.10 Å². The minimum Gasteiger partial charge on any atom is -0.456 e. The normalized spacial score (nSPS) is 14.1. The molecule has 2 aromatic carbocycles. The molecule has 7 nitrogen and oxygen atoms in total. The maximum atomic E-state index is 12.7. The van der Waals surface area contributed by atoms with Crippen molar-refractivity contribution < 1.29 is 14.3 Å². The third-order valence-corrected chi connectivity index (χ3v) is 5.24. The first-order chi connectivity index (χ1) is 14.2. The van der Waals surface area contributed by atoms with Crippen molar-refractivity contribution in [3.63, 3.8) is 0 Å². The molecule has 0 amide bonds. The molecular formula is C22H22N4O3. The topological polar surface area (TPSA) is 87.0 Å². The van der Waals surface area contributed by atoms with Crippen LogP contribution in [0.5, 0.6) is 0 Å². The van der Waals surface area contributed by atoms with E-state index in [9.17, 15) is 9.59 Å². The zero-order valence-electron chi connectivity index (χ0n) is 16.0. The highest BCUT2D eigenvalue weighted by Gasteiger charge is 2.25. The predicted molar refractivity (Wildman–Crippen MR) is 105 cm³/mol. The molecule has 3 aromatic rings. The number of fused-ring (bicyclic) bond motifs is 1. The van der Waals surface area contributed by atoms with E-state index in [1.165, 1.54) is 28.6 Å². The van der Waals surface area contributed by atoms with Crippen molar-refractivity contribution in [1.82, 2.24) is 20.2 Å². The van der Waals surface area contributed by atoms with Crippen molar-refractivity contribution in [2.75, 3.05) is 6.61 Å². The molecule has 148 valence electrons. The fourth-order valence-electron chi connectivity index (χ4n) is 3.66. The van der Waals surface area contributed by atoms with Gasteiger partial charge in [-0.25, -0.2) is 9.48 Å². The number of carbonyl (C=O) groups excluding carboxylic acids is 2. The van der Waals surface area contributed by atoms with Crippen molar-refractivity contribution in [3.8, 4) is 0 Å². The Balaban J connectivity index is 1.43. The van der Waals surface area contributed by atoms with E-state index in [0.717, 1.165) is 24.8 Å². The molecule has 4 rings (SSSR count). The standard InChI is InChI=1S/C22H22N4O3/c27-21(19-11-10-17-8-4-5-9-18(17)13-19)14-29-22(28)20(26-15-23-24-25-26)12-16-6-2-1-3-7-16/h1-3,6-7,10-11,13,15,20H,4-5,8-9,12,14H2/t20-/m0/s1. The van der Waals surface area contributed by atoms with Gasteiger partial charge >= 0.3 is 5.97 Å². The first kappa shape index (κ1) is 19.0. The van der Waals surface area contributed by atoms with Gasteiger partial charge in [0, 0.05) is 12.0 Å². The summed E-state index contributed by atoms with van der Waals surface area (Å²) in [7, 11) is 0. The lowest BCUT2D eigenvalue weighted by Gasteiger charge is -2.17. The molecule has 0 bridgehead atoms. The number of tetrazole rings is 1. The molecule has 0 saturated carbocycles. The quantitative estimate of drug-likeness (QED) is 0.455. The number of aryl methyl sites for hydroxylation is 2. The maximum Gasteiger partial charge on any atom is 0.331 e. The number of hydrogen-bond donors (Lipinski definition) is 0. The van der Waals surface area contributed by atoms with Crippen LogP contribution in [0.3, 0.4) is 0 Å². The van der Waals surface area contributed by atoms with Crippen LogP contribution in [0.2, 0.25) is 0 Å². The molecule has 29 heavy (non-hydrogen) atoms. The maximum absolute atomic E-state index is 12.7. The Hall–Kier alpha value is -3.35. The molecule has 0 spiro atoms. The largest absolute Gasteiger partial charge is 0.456 e. The van der Waals surface area contributed by atoms with Crippen LogP contribution in [0.25, 0.3) is 0 Å². The Morgan fingerprint density at radius 2 is 1.83 bits per heavy atom. The van der Waals surface area contributed by atoms with Gasteiger partial charge in [-0.1, -0.05) is 42.5 Å². The van der Waals surface area contributed by atoms with Gasteiger partial charge in [0.2, 0.25) is 0 Å². The molecule has 0 saturated heterocycles. The SMILES string of the molecule is O=C(COC(=O)[C@H](Cc1ccccc1)n1cnnn1)c1ccc2c(c1)CCCC2. The van der Waals surface area contributed by atoms with E-state index in [4.69, 9.17) is 4.74 Å². The van der Waals surface area contributed by atoms with Gasteiger partial charge in [0.25, 0.3) is 0 Å². The molecule has 0 radical (unpaired) electrons. The summed E-state index contributed by atoms with van der Waals surface area (Å²) in [5.41, 5.74) is 4.07. The minimum absolute atomic E-state index is 0.207. The molecule has 7 heteroatoms. The average Bonchev–Trinajstić information content (AvgIpc) is 3.30. The van der Waals surface area contributed by atoms with Gasteiger partial charge in [-0.05, 0) is 58.9 Å². The second kappa shape index (κ2) is 8.77. The number of esters is 1. The van der Waals surface area contributed by atoms with Crippen molar-refractivity contribution in [3.05, 3.63) is 77.1 Å². The number of hydrogen-bond acceptors (Lipinski definition) is 6. The average molecular weight is 390 g/mol. The summed E-state index contributed by atoms with van der Waals surface area (Å²) in [6, 6.07) is 14.6. The summed E-state index contributed by atoms with van der Waals surface area (Å²) >= 11 is 0. The Bertz CT molecular complexity index is 987. The first-order valence-corrected chi connectivity index (χ1v) is 9.79. The fraction of sp³-hybridized carbons (Fsp3) is 0.318. The van der Waals surface area contributed by atoms with E-state index < -0.39 is 12.0 Å². The lowest BCUT2D eigenvalue weighted by molar-refractivity contribution is -0.146. The number of carbonyl (C=O) groups is 2. The van der Waals surface area contributed by atoms with Crippen molar-refractivity contribution >= 4 is 11.8 Å². The van der Waals surface area contributed by atoms with E-state index in [0.29, 0.717) is 12.0 Å². The third kappa shape index (κ3) is 4.56. The van der Waals surface area contributed by atoms with Crippen molar-refractivity contribution in [1.29, 1.82) is 0 Å². The van der Waals surface area contributed by atoms with E-state index in [1.54, 1.807) is 0 Å². The number of ketones is 1. The van der Waals surface area contributed by atoms with Crippen LogP contribution in [-0.4, -0.2) is 38.6 Å². The number of nitrogens with zero attached hydrogens (tertiary/aromatic N) is 4. The van der Waals surface area contributed by atoms with Gasteiger partial charge in [0.15, 0.2) is 18.4 Å². The molecule has 0 N–H and O–H groups in total. The monoisotopic (exact) mass is 390 g/mol. The second-order valence-corrected chi connectivity index (χ2v) is 7.22. The first-order valence-electron chi connectivity index (χ1n) is 9.79. The van der Waals surface area contributed by atoms with Gasteiger partial charge in [-0.3, -0.25) is 4.79 Å². The molecule has 1 aromatic heterocycles. The lowest BCUT2D eigenvalue weighted by Crippen LogP contribution is -2.27. The van der Waals surface area contributed by atoms with Crippen LogP contribution in [-0.2, 0) is 28.8 Å². The number of benzene rings is 2. The van der Waals surface area contributed by atoms with Crippen molar-refractivity contribution in [2.24, 2.45) is 0 Å². The highest BCUT2D eigenvalue weighted by atomic mass is 16.5. The molecule has 1 atom stereocenters. The van der Waals surface area contributed by atoms with Crippen LogP contribution in [0.15, 0.2) is 54.9 Å². The zero-order chi connectivity index (χ0) is 20.1. The van der Waals surface area contributed by atoms with Crippen molar-refractivity contribution in [2.45, 2.75) is 38.1 Å². The molecule has 0 aliphatic heterocycles. The summed E-state index contributed by atoms with van der Waals surface area (Å²) in [4.78, 5) is 25.3. The number of Topliss-reactive ketones (excluding diaryl/α,β-unsaturated/α-hetero) is 1. The van der Waals surface area contributed by atoms with Crippen LogP contribution in [0.4, 0.5) is 0 Å². The summed E-state index contributed by atoms with van der Waals surface area (Å²) in [6.07, 6.45) is 6.14. The molecule has 0 unspecified atom stereocenters. The molecule has 0 fully saturated rings. The van der Waals surface area contributed by atoms with E-state index in [1.807, 2.05) is 48.5 Å². The van der Waals surface area contributed by atoms with Gasteiger partial charge in [-0.2, -0.15) is 0 Å². The van der Waals surface area contributed by atoms with E-state index in [2.05, 4.69) is 15.5 Å². The highest BCUT2D eigenvalue weighted by Crippen LogP contribution is 2.22. The van der Waals surface area contributed by atoms with Crippen LogP contribution >= 0.6 is 0 Å². The smallest absolute Gasteiger partial charge is 0.331 e. The Labute approximate surface area is 168 Å². The summed E-state index contributed by atoms with van der Waals surface area (Å²) in [5, 5.41) is 11.1. The Morgan fingerprint density at radius 3 is 2.59 bits per heavy atom. The van der Waals surface area contributed by atoms with Gasteiger partial charge in [0.1, 0.15) is 6.33 Å². The second-order valence-electron chi connectivity index (χ2n) is 7.22. The van der Waals surface area contributed by atoms with Crippen LogP contribution < -0.4 is 0 Å². The Morgan fingerprint density at radius 1 is 1.03 bits per heavy atom. The number of aromatic nitrogens is 4. The molecule has 1 aliphatic carbocycles. The zero-order valence-corrected chi connectivity index (χ0v) is 16.0. The summed E-state index contributed by atoms with van der Waals surface area (Å²) in [6.45, 7) is -0.301. The fourth-order valence-corrected chi connectivity index (χ4v) is 3.66. The number of ether oxygens (including phenoxy) is 1. The summed E-state index contributed by atoms with van der Waals surface area (Å²) in [5.74, 6) is -0.741.